The molecular weight excluding hydrogens is 230 g/mol. The summed E-state index contributed by atoms with van der Waals surface area (Å²) in [6.45, 7) is 5.45. The fraction of sp³-hybridized carbons (Fsp3) is 0.462. The van der Waals surface area contributed by atoms with Gasteiger partial charge in [-0.25, -0.2) is 0 Å². The number of thioether (sulfide) groups is 1. The average molecular weight is 247 g/mol. The Hall–Kier alpha value is -1.34. The van der Waals surface area contributed by atoms with Gasteiger partial charge in [0.25, 0.3) is 0 Å². The van der Waals surface area contributed by atoms with Crippen molar-refractivity contribution in [3.05, 3.63) is 23.8 Å². The van der Waals surface area contributed by atoms with Crippen LogP contribution in [0.3, 0.4) is 0 Å². The van der Waals surface area contributed by atoms with E-state index < -0.39 is 0 Å². The van der Waals surface area contributed by atoms with Crippen molar-refractivity contribution in [1.82, 2.24) is 0 Å². The lowest BCUT2D eigenvalue weighted by Gasteiger charge is -2.39. The molecule has 1 heterocycles. The molecular formula is C13H17N3S. The first-order valence-corrected chi connectivity index (χ1v) is 6.86. The average Bonchev–Trinajstić information content (AvgIpc) is 2.33. The first-order chi connectivity index (χ1) is 8.13. The molecule has 0 amide bonds. The van der Waals surface area contributed by atoms with Crippen molar-refractivity contribution in [2.24, 2.45) is 0 Å². The smallest absolute Gasteiger partial charge is 0.101 e. The maximum atomic E-state index is 9.19. The first kappa shape index (κ1) is 12.1. The Kier molecular flexibility index (Phi) is 3.49. The number of rotatable bonds is 1. The Bertz CT molecular complexity index is 452. The van der Waals surface area contributed by atoms with Crippen molar-refractivity contribution in [2.75, 3.05) is 22.9 Å². The minimum absolute atomic E-state index is 0.449. The van der Waals surface area contributed by atoms with Gasteiger partial charge in [0, 0.05) is 29.3 Å². The van der Waals surface area contributed by atoms with E-state index in [-0.39, 0.29) is 0 Å². The van der Waals surface area contributed by atoms with E-state index in [1.807, 2.05) is 23.9 Å². The second-order valence-corrected chi connectivity index (χ2v) is 5.88. The van der Waals surface area contributed by atoms with E-state index in [1.54, 1.807) is 6.07 Å². The molecule has 3 nitrogen and oxygen atoms in total. The zero-order chi connectivity index (χ0) is 12.4. The van der Waals surface area contributed by atoms with Crippen LogP contribution in [-0.2, 0) is 0 Å². The summed E-state index contributed by atoms with van der Waals surface area (Å²) in [5.41, 5.74) is 8.06. The lowest BCUT2D eigenvalue weighted by atomic mass is 10.1. The van der Waals surface area contributed by atoms with Gasteiger partial charge in [-0.15, -0.1) is 0 Å². The predicted molar refractivity (Wildman–Crippen MR) is 74.3 cm³/mol. The molecule has 0 spiro atoms. The van der Waals surface area contributed by atoms with Crippen LogP contribution in [0.15, 0.2) is 18.2 Å². The number of nitrogen functional groups attached to an aromatic ring is 1. The Morgan fingerprint density at radius 3 is 2.94 bits per heavy atom. The second-order valence-electron chi connectivity index (χ2n) is 4.40. The third-order valence-electron chi connectivity index (χ3n) is 3.33. The fourth-order valence-corrected chi connectivity index (χ4v) is 3.27. The van der Waals surface area contributed by atoms with E-state index >= 15 is 0 Å². The van der Waals surface area contributed by atoms with Gasteiger partial charge in [0.1, 0.15) is 6.07 Å². The molecule has 1 saturated heterocycles. The molecule has 2 unspecified atom stereocenters. The third kappa shape index (κ3) is 2.34. The van der Waals surface area contributed by atoms with Crippen molar-refractivity contribution in [2.45, 2.75) is 25.1 Å². The summed E-state index contributed by atoms with van der Waals surface area (Å²) in [6, 6.07) is 8.28. The van der Waals surface area contributed by atoms with Crippen LogP contribution in [0.4, 0.5) is 11.4 Å². The van der Waals surface area contributed by atoms with E-state index in [1.165, 1.54) is 0 Å². The van der Waals surface area contributed by atoms with Gasteiger partial charge in [0.05, 0.1) is 11.3 Å². The van der Waals surface area contributed by atoms with Crippen LogP contribution in [0.1, 0.15) is 19.4 Å². The topological polar surface area (TPSA) is 53.0 Å². The molecule has 2 rings (SSSR count). The monoisotopic (exact) mass is 247 g/mol. The Morgan fingerprint density at radius 1 is 1.47 bits per heavy atom. The molecule has 17 heavy (non-hydrogen) atoms. The largest absolute Gasteiger partial charge is 0.399 e. The number of anilines is 2. The maximum Gasteiger partial charge on any atom is 0.101 e. The van der Waals surface area contributed by atoms with E-state index in [0.29, 0.717) is 22.5 Å². The van der Waals surface area contributed by atoms with Crippen molar-refractivity contribution >= 4 is 23.1 Å². The standard InChI is InChI=1S/C13H17N3S/c1-9-10(2)17-6-5-16(9)13-4-3-12(15)7-11(13)8-14/h3-4,7,9-10H,5-6,15H2,1-2H3. The van der Waals surface area contributed by atoms with Crippen LogP contribution >= 0.6 is 11.8 Å². The maximum absolute atomic E-state index is 9.19. The highest BCUT2D eigenvalue weighted by Gasteiger charge is 2.26. The highest BCUT2D eigenvalue weighted by atomic mass is 32.2. The first-order valence-electron chi connectivity index (χ1n) is 5.81. The van der Waals surface area contributed by atoms with Crippen LogP contribution in [0.25, 0.3) is 0 Å². The van der Waals surface area contributed by atoms with Crippen LogP contribution in [0.2, 0.25) is 0 Å². The zero-order valence-corrected chi connectivity index (χ0v) is 11.0. The van der Waals surface area contributed by atoms with E-state index in [2.05, 4.69) is 24.8 Å². The SMILES string of the molecule is CC1SCCN(c2ccc(N)cc2C#N)C1C. The second kappa shape index (κ2) is 4.89. The summed E-state index contributed by atoms with van der Waals surface area (Å²) in [4.78, 5) is 2.32. The van der Waals surface area contributed by atoms with Crippen molar-refractivity contribution in [3.63, 3.8) is 0 Å². The van der Waals surface area contributed by atoms with Gasteiger partial charge in [-0.3, -0.25) is 0 Å². The van der Waals surface area contributed by atoms with Gasteiger partial charge in [-0.2, -0.15) is 17.0 Å². The molecule has 1 aliphatic rings. The lowest BCUT2D eigenvalue weighted by molar-refractivity contribution is 0.627. The molecule has 0 radical (unpaired) electrons. The number of nitrogens with two attached hydrogens (primary N) is 1. The van der Waals surface area contributed by atoms with Crippen molar-refractivity contribution < 1.29 is 0 Å². The lowest BCUT2D eigenvalue weighted by Crippen LogP contribution is -2.45. The summed E-state index contributed by atoms with van der Waals surface area (Å²) in [5, 5.41) is 9.78. The number of hydrogen-bond acceptors (Lipinski definition) is 4. The Labute approximate surface area is 107 Å². The molecule has 0 bridgehead atoms. The molecule has 1 fully saturated rings. The minimum atomic E-state index is 0.449. The zero-order valence-electron chi connectivity index (χ0n) is 10.2. The highest BCUT2D eigenvalue weighted by Crippen LogP contribution is 2.31. The summed E-state index contributed by atoms with van der Waals surface area (Å²) in [7, 11) is 0. The van der Waals surface area contributed by atoms with Gasteiger partial charge in [0.2, 0.25) is 0 Å². The minimum Gasteiger partial charge on any atom is -0.399 e. The van der Waals surface area contributed by atoms with E-state index in [0.717, 1.165) is 18.0 Å². The molecule has 0 aromatic heterocycles. The van der Waals surface area contributed by atoms with Crippen LogP contribution < -0.4 is 10.6 Å². The predicted octanol–water partition coefficient (Wildman–Crippen LogP) is 2.47. The van der Waals surface area contributed by atoms with Crippen LogP contribution in [0, 0.1) is 11.3 Å². The van der Waals surface area contributed by atoms with E-state index in [4.69, 9.17) is 5.73 Å². The normalized spacial score (nSPS) is 24.4. The van der Waals surface area contributed by atoms with Gasteiger partial charge >= 0.3 is 0 Å². The highest BCUT2D eigenvalue weighted by molar-refractivity contribution is 8.00. The molecule has 1 aromatic carbocycles. The van der Waals surface area contributed by atoms with Gasteiger partial charge in [0.15, 0.2) is 0 Å². The number of nitrogens with zero attached hydrogens (tertiary/aromatic N) is 2. The molecule has 0 saturated carbocycles. The van der Waals surface area contributed by atoms with Crippen molar-refractivity contribution in [3.8, 4) is 6.07 Å². The summed E-state index contributed by atoms with van der Waals surface area (Å²) in [5.74, 6) is 1.11. The van der Waals surface area contributed by atoms with E-state index in [9.17, 15) is 5.26 Å². The Morgan fingerprint density at radius 2 is 2.24 bits per heavy atom. The molecule has 2 atom stereocenters. The number of hydrogen-bond donors (Lipinski definition) is 1. The molecule has 0 aliphatic carbocycles. The summed E-state index contributed by atoms with van der Waals surface area (Å²) >= 11 is 1.99. The molecule has 1 aliphatic heterocycles. The van der Waals surface area contributed by atoms with Gasteiger partial charge in [-0.05, 0) is 25.1 Å². The Balaban J connectivity index is 2.36. The summed E-state index contributed by atoms with van der Waals surface area (Å²) in [6.07, 6.45) is 0. The van der Waals surface area contributed by atoms with Gasteiger partial charge in [-0.1, -0.05) is 6.92 Å². The molecule has 1 aromatic rings. The number of nitriles is 1. The fourth-order valence-electron chi connectivity index (χ4n) is 2.17. The number of benzene rings is 1. The quantitative estimate of drug-likeness (QED) is 0.775. The van der Waals surface area contributed by atoms with Gasteiger partial charge < -0.3 is 10.6 Å². The third-order valence-corrected chi connectivity index (χ3v) is 4.67. The van der Waals surface area contributed by atoms with Crippen LogP contribution in [0.5, 0.6) is 0 Å². The summed E-state index contributed by atoms with van der Waals surface area (Å²) < 4.78 is 0. The molecule has 4 heteroatoms. The van der Waals surface area contributed by atoms with Crippen molar-refractivity contribution in [1.29, 1.82) is 5.26 Å². The molecule has 2 N–H and O–H groups in total. The molecule has 90 valence electrons. The van der Waals surface area contributed by atoms with Crippen LogP contribution in [-0.4, -0.2) is 23.6 Å².